The zero-order valence-electron chi connectivity index (χ0n) is 10.1. The highest BCUT2D eigenvalue weighted by Gasteiger charge is 2.14. The number of nitro groups is 1. The molecule has 0 unspecified atom stereocenters. The zero-order valence-corrected chi connectivity index (χ0v) is 10.8. The highest BCUT2D eigenvalue weighted by molar-refractivity contribution is 6.33. The molecule has 0 saturated heterocycles. The van der Waals surface area contributed by atoms with Crippen LogP contribution in [0.25, 0.3) is 0 Å². The summed E-state index contributed by atoms with van der Waals surface area (Å²) in [6, 6.07) is 3.07. The summed E-state index contributed by atoms with van der Waals surface area (Å²) in [7, 11) is 0. The van der Waals surface area contributed by atoms with Crippen LogP contribution < -0.4 is 5.32 Å². The fourth-order valence-electron chi connectivity index (χ4n) is 1.36. The summed E-state index contributed by atoms with van der Waals surface area (Å²) in [6.07, 6.45) is 2.04. The summed E-state index contributed by atoms with van der Waals surface area (Å²) < 4.78 is 0. The van der Waals surface area contributed by atoms with E-state index in [0.717, 1.165) is 11.3 Å². The van der Waals surface area contributed by atoms with Gasteiger partial charge in [0.05, 0.1) is 4.92 Å². The topological polar surface area (TPSA) is 55.2 Å². The standard InChI is InChI=1S/C12H15ClN2O2/c1-8(2)4-5-14-11-7-10(13)12(15(16)17)6-9(11)3/h4,6-7,14H,5H2,1-3H3. The number of hydrogen-bond donors (Lipinski definition) is 1. The van der Waals surface area contributed by atoms with E-state index < -0.39 is 4.92 Å². The molecule has 0 amide bonds. The van der Waals surface area contributed by atoms with Crippen LogP contribution in [0.4, 0.5) is 11.4 Å². The van der Waals surface area contributed by atoms with Crippen molar-refractivity contribution in [3.8, 4) is 0 Å². The minimum Gasteiger partial charge on any atom is -0.381 e. The van der Waals surface area contributed by atoms with Gasteiger partial charge in [-0.3, -0.25) is 10.1 Å². The second-order valence-electron chi connectivity index (χ2n) is 4.04. The molecule has 0 fully saturated rings. The van der Waals surface area contributed by atoms with E-state index in [0.29, 0.717) is 6.54 Å². The van der Waals surface area contributed by atoms with Crippen molar-refractivity contribution in [2.24, 2.45) is 0 Å². The van der Waals surface area contributed by atoms with Gasteiger partial charge >= 0.3 is 0 Å². The molecule has 92 valence electrons. The number of anilines is 1. The van der Waals surface area contributed by atoms with Gasteiger partial charge in [-0.2, -0.15) is 0 Å². The number of rotatable bonds is 4. The molecule has 17 heavy (non-hydrogen) atoms. The molecule has 0 spiro atoms. The molecule has 0 aromatic heterocycles. The third kappa shape index (κ3) is 3.75. The lowest BCUT2D eigenvalue weighted by Gasteiger charge is -2.08. The molecule has 5 heteroatoms. The number of halogens is 1. The number of nitrogens with zero attached hydrogens (tertiary/aromatic N) is 1. The molecule has 1 N–H and O–H groups in total. The van der Waals surface area contributed by atoms with Crippen LogP contribution >= 0.6 is 11.6 Å². The molecule has 1 aromatic rings. The molecule has 0 bridgehead atoms. The van der Waals surface area contributed by atoms with Crippen LogP contribution in [0.5, 0.6) is 0 Å². The van der Waals surface area contributed by atoms with Crippen LogP contribution in [0.15, 0.2) is 23.8 Å². The fourth-order valence-corrected chi connectivity index (χ4v) is 1.59. The summed E-state index contributed by atoms with van der Waals surface area (Å²) in [5.41, 5.74) is 2.78. The lowest BCUT2D eigenvalue weighted by molar-refractivity contribution is -0.384. The Labute approximate surface area is 105 Å². The molecular weight excluding hydrogens is 240 g/mol. The Morgan fingerprint density at radius 2 is 2.18 bits per heavy atom. The summed E-state index contributed by atoms with van der Waals surface area (Å²) >= 11 is 5.84. The van der Waals surface area contributed by atoms with Crippen LogP contribution in [-0.4, -0.2) is 11.5 Å². The zero-order chi connectivity index (χ0) is 13.0. The summed E-state index contributed by atoms with van der Waals surface area (Å²) in [5.74, 6) is 0. The van der Waals surface area contributed by atoms with Crippen molar-refractivity contribution in [2.45, 2.75) is 20.8 Å². The molecule has 4 nitrogen and oxygen atoms in total. The summed E-state index contributed by atoms with van der Waals surface area (Å²) in [4.78, 5) is 10.2. The molecule has 0 aliphatic rings. The molecule has 0 aliphatic carbocycles. The first kappa shape index (κ1) is 13.5. The van der Waals surface area contributed by atoms with Crippen LogP contribution in [0.1, 0.15) is 19.4 Å². The second-order valence-corrected chi connectivity index (χ2v) is 4.45. The number of nitro benzene ring substituents is 1. The third-order valence-electron chi connectivity index (χ3n) is 2.29. The van der Waals surface area contributed by atoms with Crippen LogP contribution in [0.3, 0.4) is 0 Å². The molecule has 0 saturated carbocycles. The van der Waals surface area contributed by atoms with Gasteiger partial charge in [-0.25, -0.2) is 0 Å². The Morgan fingerprint density at radius 1 is 1.53 bits per heavy atom. The quantitative estimate of drug-likeness (QED) is 0.503. The van der Waals surface area contributed by atoms with E-state index in [1.807, 2.05) is 26.8 Å². The SMILES string of the molecule is CC(C)=CCNc1cc(Cl)c([N+](=O)[O-])cc1C. The average molecular weight is 255 g/mol. The van der Waals surface area contributed by atoms with E-state index in [2.05, 4.69) is 5.32 Å². The van der Waals surface area contributed by atoms with Gasteiger partial charge in [-0.05, 0) is 32.4 Å². The number of allylic oxidation sites excluding steroid dienone is 1. The van der Waals surface area contributed by atoms with Crippen LogP contribution in [-0.2, 0) is 0 Å². The smallest absolute Gasteiger partial charge is 0.288 e. The molecular formula is C12H15ClN2O2. The largest absolute Gasteiger partial charge is 0.381 e. The van der Waals surface area contributed by atoms with Crippen LogP contribution in [0.2, 0.25) is 5.02 Å². The number of aryl methyl sites for hydroxylation is 1. The molecule has 1 rings (SSSR count). The van der Waals surface area contributed by atoms with Crippen molar-refractivity contribution in [3.63, 3.8) is 0 Å². The maximum absolute atomic E-state index is 10.7. The maximum atomic E-state index is 10.7. The maximum Gasteiger partial charge on any atom is 0.288 e. The van der Waals surface area contributed by atoms with Gasteiger partial charge in [0.25, 0.3) is 5.69 Å². The van der Waals surface area contributed by atoms with Gasteiger partial charge in [0.15, 0.2) is 0 Å². The van der Waals surface area contributed by atoms with Gasteiger partial charge in [0.2, 0.25) is 0 Å². The van der Waals surface area contributed by atoms with Crippen molar-refractivity contribution in [1.82, 2.24) is 0 Å². The minimum absolute atomic E-state index is 0.0584. The van der Waals surface area contributed by atoms with Gasteiger partial charge in [0, 0.05) is 18.3 Å². The predicted octanol–water partition coefficient (Wildman–Crippen LogP) is 3.93. The number of benzene rings is 1. The lowest BCUT2D eigenvalue weighted by atomic mass is 10.1. The van der Waals surface area contributed by atoms with E-state index in [1.165, 1.54) is 11.6 Å². The van der Waals surface area contributed by atoms with Crippen molar-refractivity contribution >= 4 is 23.0 Å². The Morgan fingerprint density at radius 3 is 2.71 bits per heavy atom. The molecule has 1 aromatic carbocycles. The monoisotopic (exact) mass is 254 g/mol. The highest BCUT2D eigenvalue weighted by Crippen LogP contribution is 2.30. The van der Waals surface area contributed by atoms with E-state index in [9.17, 15) is 10.1 Å². The normalized spacial score (nSPS) is 9.88. The van der Waals surface area contributed by atoms with E-state index in [-0.39, 0.29) is 10.7 Å². The van der Waals surface area contributed by atoms with Crippen LogP contribution in [0, 0.1) is 17.0 Å². The van der Waals surface area contributed by atoms with E-state index in [4.69, 9.17) is 11.6 Å². The molecule has 0 aliphatic heterocycles. The van der Waals surface area contributed by atoms with E-state index in [1.54, 1.807) is 6.07 Å². The summed E-state index contributed by atoms with van der Waals surface area (Å²) in [5, 5.41) is 14.0. The van der Waals surface area contributed by atoms with Crippen molar-refractivity contribution in [2.75, 3.05) is 11.9 Å². The lowest BCUT2D eigenvalue weighted by Crippen LogP contribution is -2.01. The van der Waals surface area contributed by atoms with Gasteiger partial charge in [-0.1, -0.05) is 23.3 Å². The fraction of sp³-hybridized carbons (Fsp3) is 0.333. The first-order valence-electron chi connectivity index (χ1n) is 5.23. The second kappa shape index (κ2) is 5.68. The summed E-state index contributed by atoms with van der Waals surface area (Å²) in [6.45, 7) is 6.51. The van der Waals surface area contributed by atoms with E-state index >= 15 is 0 Å². The van der Waals surface area contributed by atoms with Crippen molar-refractivity contribution in [1.29, 1.82) is 0 Å². The van der Waals surface area contributed by atoms with Crippen molar-refractivity contribution < 1.29 is 4.92 Å². The Hall–Kier alpha value is -1.55. The van der Waals surface area contributed by atoms with Gasteiger partial charge in [-0.15, -0.1) is 0 Å². The first-order valence-corrected chi connectivity index (χ1v) is 5.61. The first-order chi connectivity index (χ1) is 7.91. The number of hydrogen-bond acceptors (Lipinski definition) is 3. The van der Waals surface area contributed by atoms with Gasteiger partial charge in [0.1, 0.15) is 5.02 Å². The molecule has 0 heterocycles. The average Bonchev–Trinajstić information content (AvgIpc) is 2.21. The minimum atomic E-state index is -0.477. The molecule has 0 radical (unpaired) electrons. The van der Waals surface area contributed by atoms with Gasteiger partial charge < -0.3 is 5.32 Å². The highest BCUT2D eigenvalue weighted by atomic mass is 35.5. The number of nitrogens with one attached hydrogen (secondary N) is 1. The Bertz CT molecular complexity index is 466. The third-order valence-corrected chi connectivity index (χ3v) is 2.60. The van der Waals surface area contributed by atoms with Crippen molar-refractivity contribution in [3.05, 3.63) is 44.5 Å². The Kier molecular flexibility index (Phi) is 4.52. The predicted molar refractivity (Wildman–Crippen MR) is 70.8 cm³/mol. The Balaban J connectivity index is 2.92. The molecule has 0 atom stereocenters.